The molecule has 0 bridgehead atoms. The monoisotopic (exact) mass is 263 g/mol. The lowest BCUT2D eigenvalue weighted by Crippen LogP contribution is -2.42. The van der Waals surface area contributed by atoms with E-state index in [0.29, 0.717) is 5.75 Å². The van der Waals surface area contributed by atoms with Crippen molar-refractivity contribution in [1.29, 1.82) is 0 Å². The predicted octanol–water partition coefficient (Wildman–Crippen LogP) is 1.71. The second-order valence-electron chi connectivity index (χ2n) is 5.21. The maximum absolute atomic E-state index is 11.7. The van der Waals surface area contributed by atoms with E-state index in [1.807, 2.05) is 32.0 Å². The molecule has 0 spiro atoms. The molecule has 104 valence electrons. The zero-order chi connectivity index (χ0) is 13.8. The number of hydrogen-bond donors (Lipinski definition) is 2. The molecule has 1 aliphatic carbocycles. The first-order valence-corrected chi connectivity index (χ1v) is 6.74. The molecule has 0 heterocycles. The predicted molar refractivity (Wildman–Crippen MR) is 73.2 cm³/mol. The summed E-state index contributed by atoms with van der Waals surface area (Å²) in [4.78, 5) is 11.7. The minimum Gasteiger partial charge on any atom is -0.484 e. The lowest BCUT2D eigenvalue weighted by Gasteiger charge is -2.16. The second kappa shape index (κ2) is 6.06. The van der Waals surface area contributed by atoms with Crippen LogP contribution in [0.3, 0.4) is 0 Å². The summed E-state index contributed by atoms with van der Waals surface area (Å²) in [6, 6.07) is 5.65. The molecular formula is C15H21NO3. The van der Waals surface area contributed by atoms with E-state index < -0.39 is 6.10 Å². The van der Waals surface area contributed by atoms with Crippen LogP contribution in [0.4, 0.5) is 0 Å². The molecule has 2 rings (SSSR count). The molecule has 2 N–H and O–H groups in total. The number of rotatable bonds is 4. The average Bonchev–Trinajstić information content (AvgIpc) is 2.77. The van der Waals surface area contributed by atoms with Crippen molar-refractivity contribution < 1.29 is 14.6 Å². The summed E-state index contributed by atoms with van der Waals surface area (Å²) in [6.45, 7) is 4.04. The highest BCUT2D eigenvalue weighted by Gasteiger charge is 2.26. The molecule has 0 aliphatic heterocycles. The first kappa shape index (κ1) is 13.9. The van der Waals surface area contributed by atoms with E-state index in [9.17, 15) is 9.90 Å². The minimum absolute atomic E-state index is 0.00821. The van der Waals surface area contributed by atoms with E-state index in [1.165, 1.54) is 5.56 Å². The summed E-state index contributed by atoms with van der Waals surface area (Å²) in [5.74, 6) is 0.523. The van der Waals surface area contributed by atoms with Crippen molar-refractivity contribution in [3.63, 3.8) is 0 Å². The number of aryl methyl sites for hydroxylation is 2. The minimum atomic E-state index is -0.412. The lowest BCUT2D eigenvalue weighted by atomic mass is 10.1. The third-order valence-electron chi connectivity index (χ3n) is 3.67. The third kappa shape index (κ3) is 3.70. The van der Waals surface area contributed by atoms with Crippen molar-refractivity contribution in [2.24, 2.45) is 0 Å². The first-order chi connectivity index (χ1) is 9.06. The number of aliphatic hydroxyl groups excluding tert-OH is 1. The number of benzene rings is 1. The highest BCUT2D eigenvalue weighted by Crippen LogP contribution is 2.19. The Kier molecular flexibility index (Phi) is 4.43. The Labute approximate surface area is 113 Å². The van der Waals surface area contributed by atoms with Crippen molar-refractivity contribution in [3.05, 3.63) is 29.3 Å². The Bertz CT molecular complexity index is 459. The summed E-state index contributed by atoms with van der Waals surface area (Å²) in [5.41, 5.74) is 2.34. The zero-order valence-corrected chi connectivity index (χ0v) is 11.5. The molecule has 0 radical (unpaired) electrons. The van der Waals surface area contributed by atoms with Crippen molar-refractivity contribution in [3.8, 4) is 5.75 Å². The number of carbonyl (C=O) groups excluding carboxylic acids is 1. The third-order valence-corrected chi connectivity index (χ3v) is 3.67. The van der Waals surface area contributed by atoms with Crippen LogP contribution >= 0.6 is 0 Å². The van der Waals surface area contributed by atoms with Gasteiger partial charge in [0.25, 0.3) is 5.91 Å². The SMILES string of the molecule is Cc1ccc(OCC(=O)NC2CCCC2O)cc1C. The van der Waals surface area contributed by atoms with Gasteiger partial charge in [-0.1, -0.05) is 6.07 Å². The van der Waals surface area contributed by atoms with Crippen LogP contribution in [0.2, 0.25) is 0 Å². The van der Waals surface area contributed by atoms with Crippen LogP contribution in [0.25, 0.3) is 0 Å². The molecular weight excluding hydrogens is 242 g/mol. The van der Waals surface area contributed by atoms with Gasteiger partial charge >= 0.3 is 0 Å². The van der Waals surface area contributed by atoms with Gasteiger partial charge in [0.15, 0.2) is 6.61 Å². The van der Waals surface area contributed by atoms with E-state index in [2.05, 4.69) is 5.32 Å². The lowest BCUT2D eigenvalue weighted by molar-refractivity contribution is -0.124. The van der Waals surface area contributed by atoms with E-state index in [4.69, 9.17) is 4.74 Å². The van der Waals surface area contributed by atoms with Crippen molar-refractivity contribution in [2.45, 2.75) is 45.3 Å². The van der Waals surface area contributed by atoms with Crippen LogP contribution in [-0.2, 0) is 4.79 Å². The number of nitrogens with one attached hydrogen (secondary N) is 1. The standard InChI is InChI=1S/C15H21NO3/c1-10-6-7-12(8-11(10)2)19-9-15(18)16-13-4-3-5-14(13)17/h6-8,13-14,17H,3-5,9H2,1-2H3,(H,16,18). The molecule has 4 heteroatoms. The molecule has 1 fully saturated rings. The Hall–Kier alpha value is -1.55. The number of amides is 1. The number of carbonyl (C=O) groups is 1. The normalized spacial score (nSPS) is 22.3. The van der Waals surface area contributed by atoms with Gasteiger partial charge in [0.05, 0.1) is 12.1 Å². The maximum atomic E-state index is 11.7. The van der Waals surface area contributed by atoms with Gasteiger partial charge in [-0.25, -0.2) is 0 Å². The maximum Gasteiger partial charge on any atom is 0.258 e. The van der Waals surface area contributed by atoms with Gasteiger partial charge in [0, 0.05) is 0 Å². The quantitative estimate of drug-likeness (QED) is 0.869. The van der Waals surface area contributed by atoms with Crippen LogP contribution in [0, 0.1) is 13.8 Å². The number of aliphatic hydroxyl groups is 1. The summed E-state index contributed by atoms with van der Waals surface area (Å²) >= 11 is 0. The molecule has 1 saturated carbocycles. The summed E-state index contributed by atoms with van der Waals surface area (Å²) in [7, 11) is 0. The molecule has 1 aromatic carbocycles. The van der Waals surface area contributed by atoms with Crippen LogP contribution in [0.15, 0.2) is 18.2 Å². The van der Waals surface area contributed by atoms with E-state index in [0.717, 1.165) is 24.8 Å². The molecule has 1 amide bonds. The second-order valence-corrected chi connectivity index (χ2v) is 5.21. The fraction of sp³-hybridized carbons (Fsp3) is 0.533. The molecule has 4 nitrogen and oxygen atoms in total. The summed E-state index contributed by atoms with van der Waals surface area (Å²) in [6.07, 6.45) is 2.16. The Balaban J connectivity index is 1.81. The van der Waals surface area contributed by atoms with E-state index in [-0.39, 0.29) is 18.6 Å². The van der Waals surface area contributed by atoms with E-state index >= 15 is 0 Å². The Morgan fingerprint density at radius 3 is 2.79 bits per heavy atom. The number of hydrogen-bond acceptors (Lipinski definition) is 3. The van der Waals surface area contributed by atoms with Crippen LogP contribution in [-0.4, -0.2) is 29.8 Å². The number of ether oxygens (including phenoxy) is 1. The summed E-state index contributed by atoms with van der Waals surface area (Å²) < 4.78 is 5.46. The van der Waals surface area contributed by atoms with E-state index in [1.54, 1.807) is 0 Å². The van der Waals surface area contributed by atoms with Crippen molar-refractivity contribution in [1.82, 2.24) is 5.32 Å². The Morgan fingerprint density at radius 1 is 1.37 bits per heavy atom. The molecule has 0 saturated heterocycles. The first-order valence-electron chi connectivity index (χ1n) is 6.74. The van der Waals surface area contributed by atoms with Crippen LogP contribution < -0.4 is 10.1 Å². The fourth-order valence-electron chi connectivity index (χ4n) is 2.31. The van der Waals surface area contributed by atoms with Gasteiger partial charge in [-0.2, -0.15) is 0 Å². The van der Waals surface area contributed by atoms with Gasteiger partial charge in [0.2, 0.25) is 0 Å². The Morgan fingerprint density at radius 2 is 2.16 bits per heavy atom. The van der Waals surface area contributed by atoms with Gasteiger partial charge in [0.1, 0.15) is 5.75 Å². The van der Waals surface area contributed by atoms with Gasteiger partial charge in [-0.3, -0.25) is 4.79 Å². The van der Waals surface area contributed by atoms with Gasteiger partial charge in [-0.15, -0.1) is 0 Å². The highest BCUT2D eigenvalue weighted by molar-refractivity contribution is 5.78. The molecule has 1 aliphatic rings. The smallest absolute Gasteiger partial charge is 0.258 e. The molecule has 19 heavy (non-hydrogen) atoms. The topological polar surface area (TPSA) is 58.6 Å². The summed E-state index contributed by atoms with van der Waals surface area (Å²) in [5, 5.41) is 12.4. The average molecular weight is 263 g/mol. The largest absolute Gasteiger partial charge is 0.484 e. The van der Waals surface area contributed by atoms with Crippen LogP contribution in [0.1, 0.15) is 30.4 Å². The fourth-order valence-corrected chi connectivity index (χ4v) is 2.31. The van der Waals surface area contributed by atoms with Crippen LogP contribution in [0.5, 0.6) is 5.75 Å². The molecule has 1 aromatic rings. The zero-order valence-electron chi connectivity index (χ0n) is 11.5. The van der Waals surface area contributed by atoms with Gasteiger partial charge < -0.3 is 15.2 Å². The molecule has 0 aromatic heterocycles. The molecule has 2 atom stereocenters. The highest BCUT2D eigenvalue weighted by atomic mass is 16.5. The molecule has 2 unspecified atom stereocenters. The van der Waals surface area contributed by atoms with Gasteiger partial charge in [-0.05, 0) is 56.4 Å². The van der Waals surface area contributed by atoms with Crippen molar-refractivity contribution in [2.75, 3.05) is 6.61 Å². The van der Waals surface area contributed by atoms with Crippen molar-refractivity contribution >= 4 is 5.91 Å².